The Morgan fingerprint density at radius 1 is 0.838 bits per heavy atom. The number of hydrogen-bond acceptors (Lipinski definition) is 5. The highest BCUT2D eigenvalue weighted by Gasteiger charge is 2.34. The van der Waals surface area contributed by atoms with Crippen LogP contribution in [0.5, 0.6) is 17.2 Å². The zero-order valence-electron chi connectivity index (χ0n) is 21.7. The quantitative estimate of drug-likeness (QED) is 0.296. The van der Waals surface area contributed by atoms with Crippen LogP contribution in [0.3, 0.4) is 0 Å². The third-order valence-corrected chi connectivity index (χ3v) is 7.22. The molecule has 1 saturated heterocycles. The molecule has 3 aromatic carbocycles. The Balaban J connectivity index is 1.81. The third kappa shape index (κ3) is 5.81. The van der Waals surface area contributed by atoms with Gasteiger partial charge in [0.05, 0.1) is 32.7 Å². The minimum absolute atomic E-state index is 0.309. The topological polar surface area (TPSA) is 68.2 Å². The summed E-state index contributed by atoms with van der Waals surface area (Å²) in [6.45, 7) is 2.14. The second kappa shape index (κ2) is 12.0. The first-order valence-corrected chi connectivity index (χ1v) is 12.6. The van der Waals surface area contributed by atoms with E-state index in [0.29, 0.717) is 13.1 Å². The van der Waals surface area contributed by atoms with Gasteiger partial charge < -0.3 is 19.3 Å². The number of carbonyl (C=O) groups is 1. The number of ether oxygens (including phenoxy) is 3. The Morgan fingerprint density at radius 2 is 1.27 bits per heavy atom. The van der Waals surface area contributed by atoms with Crippen molar-refractivity contribution >= 4 is 5.97 Å². The van der Waals surface area contributed by atoms with Gasteiger partial charge in [0.15, 0.2) is 0 Å². The number of nitrogens with zero attached hydrogens (tertiary/aromatic N) is 1. The molecule has 0 aliphatic carbocycles. The fourth-order valence-corrected chi connectivity index (χ4v) is 5.15. The van der Waals surface area contributed by atoms with E-state index in [1.54, 1.807) is 21.3 Å². The van der Waals surface area contributed by atoms with Gasteiger partial charge in [0.2, 0.25) is 0 Å². The van der Waals surface area contributed by atoms with E-state index in [1.165, 1.54) is 0 Å². The van der Waals surface area contributed by atoms with Gasteiger partial charge in [0, 0.05) is 13.1 Å². The summed E-state index contributed by atoms with van der Waals surface area (Å²) in [5, 5.41) is 9.51. The molecule has 1 aliphatic heterocycles. The summed E-state index contributed by atoms with van der Waals surface area (Å²) in [7, 11) is 4.99. The van der Waals surface area contributed by atoms with Crippen LogP contribution in [0.15, 0.2) is 84.9 Å². The summed E-state index contributed by atoms with van der Waals surface area (Å²) in [6, 6.07) is 24.5. The molecule has 3 aromatic rings. The molecule has 194 valence electrons. The SMILES string of the molecule is COc1ccc(C(/C=C\CN2CCCC(C(=O)O)C2)(c2ccc(OC)cc2)c2ccc(OC)cc2)cc1. The Hall–Kier alpha value is -3.77. The minimum Gasteiger partial charge on any atom is -0.497 e. The number of piperidine rings is 1. The molecule has 37 heavy (non-hydrogen) atoms. The van der Waals surface area contributed by atoms with Crippen molar-refractivity contribution in [3.63, 3.8) is 0 Å². The molecule has 1 N–H and O–H groups in total. The number of likely N-dealkylation sites (tertiary alicyclic amines) is 1. The molecule has 0 aromatic heterocycles. The molecular formula is C31H35NO5. The van der Waals surface area contributed by atoms with E-state index in [9.17, 15) is 9.90 Å². The molecule has 6 heteroatoms. The highest BCUT2D eigenvalue weighted by atomic mass is 16.5. The largest absolute Gasteiger partial charge is 0.497 e. The number of methoxy groups -OCH3 is 3. The average Bonchev–Trinajstić information content (AvgIpc) is 2.96. The van der Waals surface area contributed by atoms with Gasteiger partial charge in [-0.25, -0.2) is 0 Å². The fourth-order valence-electron chi connectivity index (χ4n) is 5.15. The van der Waals surface area contributed by atoms with Crippen LogP contribution in [0.1, 0.15) is 29.5 Å². The molecular weight excluding hydrogens is 466 g/mol. The van der Waals surface area contributed by atoms with E-state index in [1.807, 2.05) is 36.4 Å². The summed E-state index contributed by atoms with van der Waals surface area (Å²) in [4.78, 5) is 13.8. The van der Waals surface area contributed by atoms with Crippen molar-refractivity contribution < 1.29 is 24.1 Å². The molecule has 4 rings (SSSR count). The lowest BCUT2D eigenvalue weighted by molar-refractivity contribution is -0.143. The zero-order chi connectivity index (χ0) is 26.3. The fraction of sp³-hybridized carbons (Fsp3) is 0.323. The van der Waals surface area contributed by atoms with Crippen molar-refractivity contribution in [2.75, 3.05) is 41.0 Å². The lowest BCUT2D eigenvalue weighted by atomic mass is 9.69. The molecule has 1 heterocycles. The number of benzene rings is 3. The Bertz CT molecular complexity index is 1070. The number of hydrogen-bond donors (Lipinski definition) is 1. The highest BCUT2D eigenvalue weighted by molar-refractivity contribution is 5.70. The van der Waals surface area contributed by atoms with E-state index in [2.05, 4.69) is 53.5 Å². The summed E-state index contributed by atoms with van der Waals surface area (Å²) >= 11 is 0. The van der Waals surface area contributed by atoms with Gasteiger partial charge in [-0.15, -0.1) is 0 Å². The van der Waals surface area contributed by atoms with Crippen molar-refractivity contribution in [3.8, 4) is 17.2 Å². The normalized spacial score (nSPS) is 16.5. The van der Waals surface area contributed by atoms with Gasteiger partial charge in [0.25, 0.3) is 0 Å². The van der Waals surface area contributed by atoms with Crippen LogP contribution in [-0.4, -0.2) is 56.9 Å². The molecule has 0 amide bonds. The molecule has 1 unspecified atom stereocenters. The van der Waals surface area contributed by atoms with E-state index in [0.717, 1.165) is 53.3 Å². The Morgan fingerprint density at radius 3 is 1.65 bits per heavy atom. The molecule has 1 fully saturated rings. The Labute approximate surface area is 219 Å². The molecule has 6 nitrogen and oxygen atoms in total. The predicted octanol–water partition coefficient (Wildman–Crippen LogP) is 5.40. The second-order valence-corrected chi connectivity index (χ2v) is 9.33. The van der Waals surface area contributed by atoms with Crippen molar-refractivity contribution in [2.45, 2.75) is 18.3 Å². The van der Waals surface area contributed by atoms with Gasteiger partial charge in [-0.1, -0.05) is 48.6 Å². The van der Waals surface area contributed by atoms with Crippen molar-refractivity contribution in [1.29, 1.82) is 0 Å². The first kappa shape index (κ1) is 26.3. The van der Waals surface area contributed by atoms with Crippen LogP contribution in [-0.2, 0) is 10.2 Å². The van der Waals surface area contributed by atoms with Crippen LogP contribution in [0, 0.1) is 5.92 Å². The number of rotatable bonds is 10. The van der Waals surface area contributed by atoms with E-state index < -0.39 is 11.4 Å². The maximum absolute atomic E-state index is 11.6. The van der Waals surface area contributed by atoms with Crippen LogP contribution >= 0.6 is 0 Å². The van der Waals surface area contributed by atoms with E-state index >= 15 is 0 Å². The number of allylic oxidation sites excluding steroid dienone is 1. The van der Waals surface area contributed by atoms with Gasteiger partial charge in [-0.2, -0.15) is 0 Å². The van der Waals surface area contributed by atoms with Gasteiger partial charge in [0.1, 0.15) is 17.2 Å². The lowest BCUT2D eigenvalue weighted by Crippen LogP contribution is -2.38. The maximum Gasteiger partial charge on any atom is 0.307 e. The smallest absolute Gasteiger partial charge is 0.307 e. The number of carboxylic acid groups (broad SMARTS) is 1. The van der Waals surface area contributed by atoms with E-state index in [4.69, 9.17) is 14.2 Å². The van der Waals surface area contributed by atoms with Crippen molar-refractivity contribution in [1.82, 2.24) is 4.90 Å². The van der Waals surface area contributed by atoms with Gasteiger partial charge in [-0.3, -0.25) is 9.69 Å². The number of aliphatic carboxylic acids is 1. The number of carboxylic acids is 1. The van der Waals surface area contributed by atoms with Crippen LogP contribution in [0.25, 0.3) is 0 Å². The first-order valence-electron chi connectivity index (χ1n) is 12.6. The molecule has 1 aliphatic rings. The molecule has 0 saturated carbocycles. The van der Waals surface area contributed by atoms with Crippen LogP contribution in [0.2, 0.25) is 0 Å². The monoisotopic (exact) mass is 501 g/mol. The summed E-state index contributed by atoms with van der Waals surface area (Å²) < 4.78 is 16.3. The summed E-state index contributed by atoms with van der Waals surface area (Å²) in [6.07, 6.45) is 6.04. The van der Waals surface area contributed by atoms with Crippen molar-refractivity contribution in [2.24, 2.45) is 5.92 Å². The molecule has 1 atom stereocenters. The van der Waals surface area contributed by atoms with Gasteiger partial charge in [-0.05, 0) is 72.5 Å². The van der Waals surface area contributed by atoms with Crippen LogP contribution in [0.4, 0.5) is 0 Å². The first-order chi connectivity index (χ1) is 18.0. The molecule has 0 bridgehead atoms. The minimum atomic E-state index is -0.710. The van der Waals surface area contributed by atoms with Gasteiger partial charge >= 0.3 is 5.97 Å². The summed E-state index contributed by atoms with van der Waals surface area (Å²) in [5.74, 6) is 1.35. The third-order valence-electron chi connectivity index (χ3n) is 7.22. The standard InChI is InChI=1S/C31H35NO5/c1-35-27-13-7-24(8-14-27)31(25-9-15-28(36-2)16-10-25,26-11-17-29(37-3)18-12-26)19-5-21-32-20-4-6-23(22-32)30(33)34/h5,7-19,23H,4,6,20-22H2,1-3H3,(H,33,34)/b19-5-. The lowest BCUT2D eigenvalue weighted by Gasteiger charge is -2.34. The molecule has 0 spiro atoms. The molecule has 0 radical (unpaired) electrons. The van der Waals surface area contributed by atoms with E-state index in [-0.39, 0.29) is 5.92 Å². The second-order valence-electron chi connectivity index (χ2n) is 9.33. The maximum atomic E-state index is 11.6. The van der Waals surface area contributed by atoms with Crippen LogP contribution < -0.4 is 14.2 Å². The Kier molecular flexibility index (Phi) is 8.51. The highest BCUT2D eigenvalue weighted by Crippen LogP contribution is 2.42. The predicted molar refractivity (Wildman–Crippen MR) is 145 cm³/mol. The zero-order valence-corrected chi connectivity index (χ0v) is 21.7. The summed E-state index contributed by atoms with van der Waals surface area (Å²) in [5.41, 5.74) is 2.65. The average molecular weight is 502 g/mol. The van der Waals surface area contributed by atoms with Crippen molar-refractivity contribution in [3.05, 3.63) is 102 Å².